The lowest BCUT2D eigenvalue weighted by atomic mass is 10.0. The van der Waals surface area contributed by atoms with Gasteiger partial charge in [0.2, 0.25) is 21.8 Å². The fourth-order valence-electron chi connectivity index (χ4n) is 5.50. The molecule has 0 bridgehead atoms. The maximum Gasteiger partial charge on any atom is 0.243 e. The minimum atomic E-state index is -3.59. The lowest BCUT2D eigenvalue weighted by Gasteiger charge is -2.33. The number of carbonyl (C=O) groups is 2. The SMILES string of the molecule is Cc1ccccc1CN(C(=O)CCCN(c1ccc(Cl)cc1)S(C)(=O)=O)[C@H](Cc1ccccc1)C(=O)NC1CCCC1. The molecule has 1 fully saturated rings. The van der Waals surface area contributed by atoms with Crippen LogP contribution in [0.2, 0.25) is 5.02 Å². The van der Waals surface area contributed by atoms with Gasteiger partial charge in [0.05, 0.1) is 11.9 Å². The predicted molar refractivity (Wildman–Crippen MR) is 169 cm³/mol. The van der Waals surface area contributed by atoms with Gasteiger partial charge in [-0.15, -0.1) is 0 Å². The molecule has 1 aliphatic rings. The summed E-state index contributed by atoms with van der Waals surface area (Å²) in [5, 5.41) is 3.73. The topological polar surface area (TPSA) is 86.8 Å². The van der Waals surface area contributed by atoms with Crippen LogP contribution in [0.4, 0.5) is 5.69 Å². The Hall–Kier alpha value is -3.36. The second-order valence-electron chi connectivity index (χ2n) is 11.1. The van der Waals surface area contributed by atoms with Crippen molar-refractivity contribution in [2.24, 2.45) is 0 Å². The van der Waals surface area contributed by atoms with Gasteiger partial charge in [-0.3, -0.25) is 13.9 Å². The zero-order valence-electron chi connectivity index (χ0n) is 24.3. The zero-order valence-corrected chi connectivity index (χ0v) is 25.9. The molecule has 0 aromatic heterocycles. The van der Waals surface area contributed by atoms with Crippen LogP contribution in [0.25, 0.3) is 0 Å². The van der Waals surface area contributed by atoms with Crippen molar-refractivity contribution >= 4 is 39.1 Å². The summed E-state index contributed by atoms with van der Waals surface area (Å²) in [7, 11) is -3.59. The van der Waals surface area contributed by atoms with Crippen molar-refractivity contribution in [3.8, 4) is 0 Å². The Balaban J connectivity index is 1.59. The van der Waals surface area contributed by atoms with Crippen molar-refractivity contribution in [1.82, 2.24) is 10.2 Å². The number of halogens is 1. The summed E-state index contributed by atoms with van der Waals surface area (Å²) in [6.45, 7) is 2.41. The van der Waals surface area contributed by atoms with Gasteiger partial charge in [0.15, 0.2) is 0 Å². The molecule has 224 valence electrons. The molecule has 0 radical (unpaired) electrons. The van der Waals surface area contributed by atoms with Gasteiger partial charge in [0, 0.05) is 37.0 Å². The number of aryl methyl sites for hydroxylation is 1. The molecule has 3 aromatic rings. The van der Waals surface area contributed by atoms with E-state index in [1.54, 1.807) is 29.2 Å². The summed E-state index contributed by atoms with van der Waals surface area (Å²) < 4.78 is 26.5. The molecule has 0 saturated heterocycles. The number of rotatable bonds is 13. The van der Waals surface area contributed by atoms with E-state index in [0.717, 1.165) is 48.6 Å². The Morgan fingerprint density at radius 2 is 1.60 bits per heavy atom. The third kappa shape index (κ3) is 8.82. The van der Waals surface area contributed by atoms with Gasteiger partial charge >= 0.3 is 0 Å². The Bertz CT molecular complexity index is 1440. The van der Waals surface area contributed by atoms with Gasteiger partial charge in [-0.2, -0.15) is 0 Å². The molecule has 1 aliphatic carbocycles. The van der Waals surface area contributed by atoms with Crippen LogP contribution in [0.3, 0.4) is 0 Å². The first-order valence-electron chi connectivity index (χ1n) is 14.5. The molecule has 1 saturated carbocycles. The van der Waals surface area contributed by atoms with Crippen molar-refractivity contribution in [2.75, 3.05) is 17.1 Å². The standard InChI is InChI=1S/C33H40ClN3O4S/c1-25-11-6-7-14-27(25)24-36(31(23-26-12-4-3-5-13-26)33(39)35-29-15-8-9-16-29)32(38)17-10-22-37(42(2,40)41)30-20-18-28(34)19-21-30/h3-7,11-14,18-21,29,31H,8-10,15-17,22-24H2,1-2H3,(H,35,39)/t31-/m1/s1. The second-order valence-corrected chi connectivity index (χ2v) is 13.4. The summed E-state index contributed by atoms with van der Waals surface area (Å²) in [5.41, 5.74) is 3.47. The third-order valence-electron chi connectivity index (χ3n) is 7.84. The van der Waals surface area contributed by atoms with E-state index in [1.165, 1.54) is 4.31 Å². The lowest BCUT2D eigenvalue weighted by molar-refractivity contribution is -0.141. The minimum Gasteiger partial charge on any atom is -0.352 e. The molecule has 7 nitrogen and oxygen atoms in total. The maximum atomic E-state index is 14.0. The van der Waals surface area contributed by atoms with Crippen LogP contribution in [-0.2, 0) is 32.6 Å². The third-order valence-corrected chi connectivity index (χ3v) is 9.29. The summed E-state index contributed by atoms with van der Waals surface area (Å²) in [6.07, 6.45) is 5.99. The van der Waals surface area contributed by atoms with Gasteiger partial charge in [-0.1, -0.05) is 79.0 Å². The minimum absolute atomic E-state index is 0.0908. The van der Waals surface area contributed by atoms with Gasteiger partial charge < -0.3 is 10.2 Å². The molecular weight excluding hydrogens is 570 g/mol. The first kappa shape index (κ1) is 31.6. The fraction of sp³-hybridized carbons (Fsp3) is 0.394. The molecule has 0 aliphatic heterocycles. The van der Waals surface area contributed by atoms with Crippen LogP contribution >= 0.6 is 11.6 Å². The lowest BCUT2D eigenvalue weighted by Crippen LogP contribution is -2.52. The van der Waals surface area contributed by atoms with Gasteiger partial charge in [0.25, 0.3) is 0 Å². The molecule has 3 aromatic carbocycles. The van der Waals surface area contributed by atoms with Crippen molar-refractivity contribution in [3.05, 3.63) is 101 Å². The number of hydrogen-bond acceptors (Lipinski definition) is 4. The van der Waals surface area contributed by atoms with Crippen LogP contribution in [0.5, 0.6) is 0 Å². The number of nitrogens with one attached hydrogen (secondary N) is 1. The Labute approximate surface area is 254 Å². The van der Waals surface area contributed by atoms with Gasteiger partial charge in [-0.25, -0.2) is 8.42 Å². The highest BCUT2D eigenvalue weighted by Crippen LogP contribution is 2.23. The average Bonchev–Trinajstić information content (AvgIpc) is 3.47. The Morgan fingerprint density at radius 1 is 0.952 bits per heavy atom. The highest BCUT2D eigenvalue weighted by Gasteiger charge is 2.32. The number of anilines is 1. The monoisotopic (exact) mass is 609 g/mol. The van der Waals surface area contributed by atoms with Crippen molar-refractivity contribution in [3.63, 3.8) is 0 Å². The molecular formula is C33H40ClN3O4S. The molecule has 0 heterocycles. The van der Waals surface area contributed by atoms with Crippen molar-refractivity contribution in [1.29, 1.82) is 0 Å². The molecule has 2 amide bonds. The van der Waals surface area contributed by atoms with E-state index in [2.05, 4.69) is 5.32 Å². The number of amides is 2. The van der Waals surface area contributed by atoms with Crippen LogP contribution < -0.4 is 9.62 Å². The first-order chi connectivity index (χ1) is 20.1. The van der Waals surface area contributed by atoms with E-state index in [1.807, 2.05) is 61.5 Å². The molecule has 1 atom stereocenters. The maximum absolute atomic E-state index is 14.0. The molecule has 1 N–H and O–H groups in total. The average molecular weight is 610 g/mol. The first-order valence-corrected chi connectivity index (χ1v) is 16.8. The quantitative estimate of drug-likeness (QED) is 0.262. The van der Waals surface area contributed by atoms with Crippen LogP contribution in [-0.4, -0.2) is 50.0 Å². The van der Waals surface area contributed by atoms with E-state index in [-0.39, 0.29) is 37.4 Å². The normalized spacial score (nSPS) is 14.4. The number of carbonyl (C=O) groups excluding carboxylic acids is 2. The van der Waals surface area contributed by atoms with Gasteiger partial charge in [-0.05, 0) is 67.1 Å². The summed E-state index contributed by atoms with van der Waals surface area (Å²) in [4.78, 5) is 29.5. The van der Waals surface area contributed by atoms with E-state index in [9.17, 15) is 18.0 Å². The Morgan fingerprint density at radius 3 is 2.24 bits per heavy atom. The summed E-state index contributed by atoms with van der Waals surface area (Å²) >= 11 is 6.00. The summed E-state index contributed by atoms with van der Waals surface area (Å²) in [6, 6.07) is 23.6. The van der Waals surface area contributed by atoms with Crippen LogP contribution in [0.15, 0.2) is 78.9 Å². The number of benzene rings is 3. The van der Waals surface area contributed by atoms with E-state index in [4.69, 9.17) is 11.6 Å². The number of sulfonamides is 1. The number of nitrogens with zero attached hydrogens (tertiary/aromatic N) is 2. The highest BCUT2D eigenvalue weighted by molar-refractivity contribution is 7.92. The largest absolute Gasteiger partial charge is 0.352 e. The molecule has 42 heavy (non-hydrogen) atoms. The van der Waals surface area contributed by atoms with Crippen LogP contribution in [0, 0.1) is 6.92 Å². The summed E-state index contributed by atoms with van der Waals surface area (Å²) in [5.74, 6) is -0.336. The predicted octanol–water partition coefficient (Wildman–Crippen LogP) is 5.89. The smallest absolute Gasteiger partial charge is 0.243 e. The second kappa shape index (κ2) is 14.7. The van der Waals surface area contributed by atoms with E-state index < -0.39 is 16.1 Å². The highest BCUT2D eigenvalue weighted by atomic mass is 35.5. The van der Waals surface area contributed by atoms with E-state index >= 15 is 0 Å². The Kier molecular flexibility index (Phi) is 11.0. The fourth-order valence-corrected chi connectivity index (χ4v) is 6.60. The van der Waals surface area contributed by atoms with Crippen molar-refractivity contribution < 1.29 is 18.0 Å². The molecule has 4 rings (SSSR count). The molecule has 0 unspecified atom stereocenters. The van der Waals surface area contributed by atoms with E-state index in [0.29, 0.717) is 23.6 Å². The van der Waals surface area contributed by atoms with Gasteiger partial charge in [0.1, 0.15) is 6.04 Å². The zero-order chi connectivity index (χ0) is 30.1. The molecule has 0 spiro atoms. The van der Waals surface area contributed by atoms with Crippen molar-refractivity contribution in [2.45, 2.75) is 70.5 Å². The number of hydrogen-bond donors (Lipinski definition) is 1. The molecule has 9 heteroatoms. The van der Waals surface area contributed by atoms with Crippen LogP contribution in [0.1, 0.15) is 55.2 Å².